The molecule has 0 radical (unpaired) electrons. The lowest BCUT2D eigenvalue weighted by Crippen LogP contribution is -2.05. The Morgan fingerprint density at radius 3 is 2.40 bits per heavy atom. The lowest BCUT2D eigenvalue weighted by molar-refractivity contribution is -0.134. The zero-order valence-corrected chi connectivity index (χ0v) is 10.1. The lowest BCUT2D eigenvalue weighted by atomic mass is 10.1. The summed E-state index contributed by atoms with van der Waals surface area (Å²) in [6.07, 6.45) is 5.65. The van der Waals surface area contributed by atoms with Crippen LogP contribution >= 0.6 is 0 Å². The van der Waals surface area contributed by atoms with Gasteiger partial charge in [-0.05, 0) is 38.8 Å². The Hall–Kier alpha value is -1.31. The summed E-state index contributed by atoms with van der Waals surface area (Å²) in [5.41, 5.74) is 1.51. The van der Waals surface area contributed by atoms with Gasteiger partial charge in [0, 0.05) is 5.57 Å². The fourth-order valence-electron chi connectivity index (χ4n) is 1.10. The first-order chi connectivity index (χ1) is 7.02. The summed E-state index contributed by atoms with van der Waals surface area (Å²) in [5, 5.41) is 0. The zero-order chi connectivity index (χ0) is 11.8. The second-order valence-electron chi connectivity index (χ2n) is 3.56. The lowest BCUT2D eigenvalue weighted by Gasteiger charge is -2.08. The number of carbonyl (C=O) groups is 1. The minimum absolute atomic E-state index is 0.362. The summed E-state index contributed by atoms with van der Waals surface area (Å²) >= 11 is 0. The van der Waals surface area contributed by atoms with E-state index in [9.17, 15) is 4.79 Å². The first-order valence-electron chi connectivity index (χ1n) is 5.23. The highest BCUT2D eigenvalue weighted by Gasteiger charge is 2.07. The molecule has 0 saturated heterocycles. The summed E-state index contributed by atoms with van der Waals surface area (Å²) in [6.45, 7) is 11.2. The molecule has 0 unspecified atom stereocenters. The molecule has 0 aromatic carbocycles. The van der Waals surface area contributed by atoms with Crippen molar-refractivity contribution in [2.45, 2.75) is 40.5 Å². The van der Waals surface area contributed by atoms with Crippen LogP contribution in [-0.4, -0.2) is 5.97 Å². The van der Waals surface area contributed by atoms with E-state index in [2.05, 4.69) is 13.5 Å². The summed E-state index contributed by atoms with van der Waals surface area (Å²) < 4.78 is 5.22. The van der Waals surface area contributed by atoms with Crippen LogP contribution in [0, 0.1) is 0 Å². The van der Waals surface area contributed by atoms with Gasteiger partial charge in [0.1, 0.15) is 5.76 Å². The fraction of sp³-hybridized carbons (Fsp3) is 0.462. The molecule has 2 nitrogen and oxygen atoms in total. The predicted molar refractivity (Wildman–Crippen MR) is 63.3 cm³/mol. The number of hydrogen-bond acceptors (Lipinski definition) is 2. The number of allylic oxidation sites excluding steroid dienone is 3. The number of esters is 1. The van der Waals surface area contributed by atoms with E-state index < -0.39 is 0 Å². The van der Waals surface area contributed by atoms with Crippen molar-refractivity contribution in [3.05, 3.63) is 35.6 Å². The standard InChI is InChI=1S/C13H20O2/c1-6-8-11(5)12(9-7-2)15-13(14)10(3)4/h7,9H,3,6,8H2,1-2,4-5H3/b9-7-,12-11-. The van der Waals surface area contributed by atoms with Crippen molar-refractivity contribution >= 4 is 5.97 Å². The molecule has 0 bridgehead atoms. The first-order valence-corrected chi connectivity index (χ1v) is 5.23. The van der Waals surface area contributed by atoms with Gasteiger partial charge < -0.3 is 4.74 Å². The van der Waals surface area contributed by atoms with Gasteiger partial charge in [0.15, 0.2) is 0 Å². The van der Waals surface area contributed by atoms with Gasteiger partial charge in [-0.3, -0.25) is 0 Å². The normalized spacial score (nSPS) is 12.5. The fourth-order valence-corrected chi connectivity index (χ4v) is 1.10. The van der Waals surface area contributed by atoms with Gasteiger partial charge in [-0.1, -0.05) is 26.0 Å². The van der Waals surface area contributed by atoms with E-state index in [4.69, 9.17) is 4.74 Å². The minimum Gasteiger partial charge on any atom is -0.423 e. The van der Waals surface area contributed by atoms with Crippen LogP contribution in [0.4, 0.5) is 0 Å². The molecule has 0 fully saturated rings. The van der Waals surface area contributed by atoms with E-state index in [-0.39, 0.29) is 5.97 Å². The SMILES string of the molecule is C=C(C)C(=O)OC(/C=C\C)=C(/C)CCC. The van der Waals surface area contributed by atoms with Crippen LogP contribution in [0.1, 0.15) is 40.5 Å². The van der Waals surface area contributed by atoms with Crippen LogP contribution in [-0.2, 0) is 9.53 Å². The van der Waals surface area contributed by atoms with Gasteiger partial charge in [-0.15, -0.1) is 0 Å². The van der Waals surface area contributed by atoms with Crippen LogP contribution in [0.25, 0.3) is 0 Å². The topological polar surface area (TPSA) is 26.3 Å². The molecule has 0 amide bonds. The highest BCUT2D eigenvalue weighted by atomic mass is 16.5. The van der Waals surface area contributed by atoms with Crippen LogP contribution in [0.5, 0.6) is 0 Å². The maximum absolute atomic E-state index is 11.3. The molecule has 0 atom stereocenters. The number of hydrogen-bond donors (Lipinski definition) is 0. The molecule has 15 heavy (non-hydrogen) atoms. The molecule has 0 aromatic rings. The van der Waals surface area contributed by atoms with Crippen LogP contribution in [0.15, 0.2) is 35.6 Å². The summed E-state index contributed by atoms with van der Waals surface area (Å²) in [6, 6.07) is 0. The van der Waals surface area contributed by atoms with Gasteiger partial charge in [0.05, 0.1) is 0 Å². The van der Waals surface area contributed by atoms with Crippen molar-refractivity contribution in [1.82, 2.24) is 0 Å². The molecule has 0 aliphatic heterocycles. The third kappa shape index (κ3) is 5.21. The van der Waals surface area contributed by atoms with Gasteiger partial charge in [0.25, 0.3) is 0 Å². The van der Waals surface area contributed by atoms with Crippen LogP contribution in [0.3, 0.4) is 0 Å². The molecule has 0 aliphatic carbocycles. The zero-order valence-electron chi connectivity index (χ0n) is 10.1. The van der Waals surface area contributed by atoms with Crippen LogP contribution in [0.2, 0.25) is 0 Å². The third-order valence-electron chi connectivity index (χ3n) is 1.91. The summed E-state index contributed by atoms with van der Waals surface area (Å²) in [4.78, 5) is 11.3. The van der Waals surface area contributed by atoms with E-state index in [0.717, 1.165) is 18.4 Å². The van der Waals surface area contributed by atoms with E-state index >= 15 is 0 Å². The van der Waals surface area contributed by atoms with Crippen molar-refractivity contribution in [3.8, 4) is 0 Å². The molecule has 0 saturated carbocycles. The van der Waals surface area contributed by atoms with Gasteiger partial charge in [-0.2, -0.15) is 0 Å². The average Bonchev–Trinajstić information content (AvgIpc) is 2.17. The minimum atomic E-state index is -0.362. The number of ether oxygens (including phenoxy) is 1. The third-order valence-corrected chi connectivity index (χ3v) is 1.91. The van der Waals surface area contributed by atoms with Crippen molar-refractivity contribution in [3.63, 3.8) is 0 Å². The van der Waals surface area contributed by atoms with Crippen molar-refractivity contribution in [1.29, 1.82) is 0 Å². The number of rotatable bonds is 5. The second-order valence-corrected chi connectivity index (χ2v) is 3.56. The van der Waals surface area contributed by atoms with E-state index in [1.807, 2.05) is 26.0 Å². The van der Waals surface area contributed by atoms with E-state index in [1.54, 1.807) is 6.92 Å². The molecule has 84 valence electrons. The van der Waals surface area contributed by atoms with Crippen molar-refractivity contribution in [2.24, 2.45) is 0 Å². The molecule has 0 spiro atoms. The maximum atomic E-state index is 11.3. The molecule has 0 aliphatic rings. The molecule has 0 aromatic heterocycles. The quantitative estimate of drug-likeness (QED) is 0.297. The maximum Gasteiger partial charge on any atom is 0.338 e. The Morgan fingerprint density at radius 1 is 1.40 bits per heavy atom. The largest absolute Gasteiger partial charge is 0.423 e. The van der Waals surface area contributed by atoms with Gasteiger partial charge in [-0.25, -0.2) is 4.79 Å². The summed E-state index contributed by atoms with van der Waals surface area (Å²) in [5.74, 6) is 0.283. The van der Waals surface area contributed by atoms with Crippen molar-refractivity contribution in [2.75, 3.05) is 0 Å². The molecular formula is C13H20O2. The Kier molecular flexibility index (Phi) is 6.43. The predicted octanol–water partition coefficient (Wildman–Crippen LogP) is 3.76. The Morgan fingerprint density at radius 2 is 2.00 bits per heavy atom. The molecule has 0 rings (SSSR count). The molecule has 0 N–H and O–H groups in total. The Balaban J connectivity index is 4.75. The smallest absolute Gasteiger partial charge is 0.338 e. The number of carbonyl (C=O) groups excluding carboxylic acids is 1. The molecular weight excluding hydrogens is 188 g/mol. The first kappa shape index (κ1) is 13.7. The van der Waals surface area contributed by atoms with Gasteiger partial charge >= 0.3 is 5.97 Å². The van der Waals surface area contributed by atoms with Crippen molar-refractivity contribution < 1.29 is 9.53 Å². The van der Waals surface area contributed by atoms with E-state index in [0.29, 0.717) is 11.3 Å². The molecule has 0 heterocycles. The van der Waals surface area contributed by atoms with Gasteiger partial charge in [0.2, 0.25) is 0 Å². The highest BCUT2D eigenvalue weighted by molar-refractivity contribution is 5.87. The summed E-state index contributed by atoms with van der Waals surface area (Å²) in [7, 11) is 0. The highest BCUT2D eigenvalue weighted by Crippen LogP contribution is 2.14. The second kappa shape index (κ2) is 7.04. The van der Waals surface area contributed by atoms with Crippen LogP contribution < -0.4 is 0 Å². The average molecular weight is 208 g/mol. The Bertz CT molecular complexity index is 296. The Labute approximate surface area is 92.3 Å². The molecule has 2 heteroatoms. The monoisotopic (exact) mass is 208 g/mol. The van der Waals surface area contributed by atoms with E-state index in [1.165, 1.54) is 0 Å².